The molecule has 0 aliphatic rings. The summed E-state index contributed by atoms with van der Waals surface area (Å²) < 4.78 is 5.49. The van der Waals surface area contributed by atoms with Crippen LogP contribution < -0.4 is 4.74 Å². The normalized spacial score (nSPS) is 10.5. The monoisotopic (exact) mass is 254 g/mol. The molecular formula is C16H14O3. The molecule has 3 heteroatoms. The van der Waals surface area contributed by atoms with Crippen LogP contribution in [0.2, 0.25) is 0 Å². The molecule has 19 heavy (non-hydrogen) atoms. The third kappa shape index (κ3) is 3.71. The molecule has 2 aromatic rings. The molecule has 0 fully saturated rings. The Kier molecular flexibility index (Phi) is 4.34. The van der Waals surface area contributed by atoms with Crippen LogP contribution in [0.5, 0.6) is 5.75 Å². The predicted octanol–water partition coefficient (Wildman–Crippen LogP) is 3.48. The molecule has 0 atom stereocenters. The molecule has 0 unspecified atom stereocenters. The lowest BCUT2D eigenvalue weighted by Gasteiger charge is -2.02. The number of carboxylic acids is 1. The molecule has 2 aromatic carbocycles. The van der Waals surface area contributed by atoms with Gasteiger partial charge in [-0.3, -0.25) is 0 Å². The van der Waals surface area contributed by atoms with Crippen molar-refractivity contribution in [1.82, 2.24) is 0 Å². The molecule has 0 spiro atoms. The van der Waals surface area contributed by atoms with E-state index in [4.69, 9.17) is 9.84 Å². The quantitative estimate of drug-likeness (QED) is 0.888. The SMILES string of the molecule is O=C(O)c1ccccc1/C=C/COc1ccccc1. The average molecular weight is 254 g/mol. The maximum Gasteiger partial charge on any atom is 0.336 e. The Morgan fingerprint density at radius 2 is 1.74 bits per heavy atom. The van der Waals surface area contributed by atoms with Gasteiger partial charge in [0.05, 0.1) is 5.56 Å². The van der Waals surface area contributed by atoms with E-state index in [0.717, 1.165) is 5.75 Å². The molecule has 2 rings (SSSR count). The summed E-state index contributed by atoms with van der Waals surface area (Å²) in [6.07, 6.45) is 3.56. The Bertz CT molecular complexity index is 574. The molecule has 0 radical (unpaired) electrons. The highest BCUT2D eigenvalue weighted by Crippen LogP contribution is 2.11. The summed E-state index contributed by atoms with van der Waals surface area (Å²) in [5.41, 5.74) is 0.963. The van der Waals surface area contributed by atoms with Gasteiger partial charge in [-0.1, -0.05) is 42.5 Å². The van der Waals surface area contributed by atoms with Crippen LogP contribution in [0.25, 0.3) is 6.08 Å². The molecule has 0 bridgehead atoms. The van der Waals surface area contributed by atoms with Crippen LogP contribution in [0.4, 0.5) is 0 Å². The molecule has 96 valence electrons. The van der Waals surface area contributed by atoms with Gasteiger partial charge >= 0.3 is 5.97 Å². The minimum absolute atomic E-state index is 0.290. The van der Waals surface area contributed by atoms with E-state index in [1.165, 1.54) is 0 Å². The van der Waals surface area contributed by atoms with Gasteiger partial charge in [-0.2, -0.15) is 0 Å². The number of carboxylic acid groups (broad SMARTS) is 1. The summed E-state index contributed by atoms with van der Waals surface area (Å²) >= 11 is 0. The van der Waals surface area contributed by atoms with Gasteiger partial charge in [0.25, 0.3) is 0 Å². The van der Waals surface area contributed by atoms with Crippen molar-refractivity contribution in [2.24, 2.45) is 0 Å². The predicted molar refractivity (Wildman–Crippen MR) is 74.4 cm³/mol. The van der Waals surface area contributed by atoms with E-state index in [1.54, 1.807) is 30.4 Å². The van der Waals surface area contributed by atoms with Crippen molar-refractivity contribution >= 4 is 12.0 Å². The van der Waals surface area contributed by atoms with Crippen LogP contribution in [0.1, 0.15) is 15.9 Å². The van der Waals surface area contributed by atoms with Crippen molar-refractivity contribution < 1.29 is 14.6 Å². The Morgan fingerprint density at radius 1 is 1.05 bits per heavy atom. The molecule has 0 aliphatic heterocycles. The van der Waals surface area contributed by atoms with Crippen LogP contribution in [0.15, 0.2) is 60.7 Å². The Balaban J connectivity index is 1.98. The van der Waals surface area contributed by atoms with Crippen molar-refractivity contribution in [3.05, 3.63) is 71.8 Å². The fourth-order valence-electron chi connectivity index (χ4n) is 1.67. The largest absolute Gasteiger partial charge is 0.490 e. The highest BCUT2D eigenvalue weighted by molar-refractivity contribution is 5.92. The Labute approximate surface area is 111 Å². The maximum absolute atomic E-state index is 11.0. The lowest BCUT2D eigenvalue weighted by Crippen LogP contribution is -1.99. The van der Waals surface area contributed by atoms with Crippen molar-refractivity contribution in [2.45, 2.75) is 0 Å². The third-order valence-electron chi connectivity index (χ3n) is 2.58. The van der Waals surface area contributed by atoms with Gasteiger partial charge in [0, 0.05) is 0 Å². The Morgan fingerprint density at radius 3 is 2.47 bits per heavy atom. The van der Waals surface area contributed by atoms with Gasteiger partial charge in [0.2, 0.25) is 0 Å². The summed E-state index contributed by atoms with van der Waals surface area (Å²) in [5.74, 6) is -0.136. The fourth-order valence-corrected chi connectivity index (χ4v) is 1.67. The van der Waals surface area contributed by atoms with Crippen molar-refractivity contribution in [3.63, 3.8) is 0 Å². The lowest BCUT2D eigenvalue weighted by molar-refractivity contribution is 0.0696. The number of aromatic carboxylic acids is 1. The maximum atomic E-state index is 11.0. The zero-order valence-electron chi connectivity index (χ0n) is 10.3. The van der Waals surface area contributed by atoms with Crippen molar-refractivity contribution in [2.75, 3.05) is 6.61 Å². The molecule has 0 amide bonds. The second kappa shape index (κ2) is 6.40. The second-order valence-corrected chi connectivity index (χ2v) is 3.92. The first-order valence-corrected chi connectivity index (χ1v) is 5.94. The lowest BCUT2D eigenvalue weighted by atomic mass is 10.1. The minimum atomic E-state index is -0.927. The number of carbonyl (C=O) groups is 1. The topological polar surface area (TPSA) is 46.5 Å². The molecule has 3 nitrogen and oxygen atoms in total. The van der Waals surface area contributed by atoms with E-state index in [1.807, 2.05) is 36.4 Å². The summed E-state index contributed by atoms with van der Waals surface area (Å²) in [4.78, 5) is 11.0. The number of hydrogen-bond acceptors (Lipinski definition) is 2. The first-order valence-electron chi connectivity index (χ1n) is 5.94. The standard InChI is InChI=1S/C16H14O3/c17-16(18)15-11-5-4-7-13(15)8-6-12-19-14-9-2-1-3-10-14/h1-11H,12H2,(H,17,18)/b8-6+. The zero-order valence-corrected chi connectivity index (χ0v) is 10.3. The van der Waals surface area contributed by atoms with Crippen molar-refractivity contribution in [3.8, 4) is 5.75 Å². The molecule has 0 saturated carbocycles. The Hall–Kier alpha value is -2.55. The van der Waals surface area contributed by atoms with Crippen LogP contribution in [0, 0.1) is 0 Å². The summed E-state index contributed by atoms with van der Waals surface area (Å²) in [7, 11) is 0. The van der Waals surface area contributed by atoms with Crippen LogP contribution in [-0.4, -0.2) is 17.7 Å². The van der Waals surface area contributed by atoms with E-state index >= 15 is 0 Å². The highest BCUT2D eigenvalue weighted by atomic mass is 16.5. The highest BCUT2D eigenvalue weighted by Gasteiger charge is 2.05. The second-order valence-electron chi connectivity index (χ2n) is 3.92. The number of para-hydroxylation sites is 1. The molecule has 1 N–H and O–H groups in total. The summed E-state index contributed by atoms with van der Waals surface area (Å²) in [6.45, 7) is 0.401. The summed E-state index contributed by atoms with van der Waals surface area (Å²) in [5, 5.41) is 9.04. The number of benzene rings is 2. The number of ether oxygens (including phenoxy) is 1. The smallest absolute Gasteiger partial charge is 0.336 e. The molecule has 0 aliphatic carbocycles. The average Bonchev–Trinajstić information content (AvgIpc) is 2.45. The van der Waals surface area contributed by atoms with Crippen molar-refractivity contribution in [1.29, 1.82) is 0 Å². The molecule has 0 heterocycles. The third-order valence-corrected chi connectivity index (χ3v) is 2.58. The molecular weight excluding hydrogens is 240 g/mol. The van der Waals surface area contributed by atoms with E-state index in [9.17, 15) is 4.79 Å². The zero-order chi connectivity index (χ0) is 13.5. The first-order chi connectivity index (χ1) is 9.27. The fraction of sp³-hybridized carbons (Fsp3) is 0.0625. The van der Waals surface area contributed by atoms with Gasteiger partial charge in [0.15, 0.2) is 0 Å². The van der Waals surface area contributed by atoms with Crippen LogP contribution in [-0.2, 0) is 0 Å². The number of rotatable bonds is 5. The van der Waals surface area contributed by atoms with Gasteiger partial charge < -0.3 is 9.84 Å². The van der Waals surface area contributed by atoms with Crippen LogP contribution >= 0.6 is 0 Å². The van der Waals surface area contributed by atoms with Gasteiger partial charge in [-0.15, -0.1) is 0 Å². The van der Waals surface area contributed by atoms with Gasteiger partial charge in [-0.05, 0) is 29.8 Å². The van der Waals surface area contributed by atoms with E-state index in [-0.39, 0.29) is 0 Å². The minimum Gasteiger partial charge on any atom is -0.490 e. The van der Waals surface area contributed by atoms with Crippen LogP contribution in [0.3, 0.4) is 0 Å². The van der Waals surface area contributed by atoms with E-state index < -0.39 is 5.97 Å². The van der Waals surface area contributed by atoms with Gasteiger partial charge in [0.1, 0.15) is 12.4 Å². The molecule has 0 saturated heterocycles. The van der Waals surface area contributed by atoms with Gasteiger partial charge in [-0.25, -0.2) is 4.79 Å². The molecule has 0 aromatic heterocycles. The first kappa shape index (κ1) is 12.9. The van der Waals surface area contributed by atoms with E-state index in [2.05, 4.69) is 0 Å². The summed E-state index contributed by atoms with van der Waals surface area (Å²) in [6, 6.07) is 16.3. The number of hydrogen-bond donors (Lipinski definition) is 1. The van der Waals surface area contributed by atoms with E-state index in [0.29, 0.717) is 17.7 Å².